The van der Waals surface area contributed by atoms with Crippen molar-refractivity contribution in [1.82, 2.24) is 9.47 Å². The van der Waals surface area contributed by atoms with Gasteiger partial charge < -0.3 is 24.5 Å². The Bertz CT molecular complexity index is 1400. The van der Waals surface area contributed by atoms with Gasteiger partial charge in [-0.2, -0.15) is 0 Å². The second kappa shape index (κ2) is 8.84. The lowest BCUT2D eigenvalue weighted by Gasteiger charge is -2.10. The first-order chi connectivity index (χ1) is 16.4. The number of benzene rings is 2. The summed E-state index contributed by atoms with van der Waals surface area (Å²) in [5, 5.41) is 12.7. The van der Waals surface area contributed by atoms with Gasteiger partial charge in [-0.3, -0.25) is 19.3 Å². The van der Waals surface area contributed by atoms with Gasteiger partial charge in [-0.25, -0.2) is 0 Å². The lowest BCUT2D eigenvalue weighted by atomic mass is 10.1. The summed E-state index contributed by atoms with van der Waals surface area (Å²) in [6.45, 7) is -0.285. The molecule has 3 heterocycles. The minimum Gasteiger partial charge on any atom is -0.480 e. The number of carboxylic acid groups (broad SMARTS) is 1. The molecule has 2 amide bonds. The first-order valence-electron chi connectivity index (χ1n) is 10.1. The number of carbonyl (C=O) groups is 3. The Labute approximate surface area is 202 Å². The van der Waals surface area contributed by atoms with Gasteiger partial charge in [-0.15, -0.1) is 0 Å². The van der Waals surface area contributed by atoms with Gasteiger partial charge in [0.2, 0.25) is 12.7 Å². The number of carbonyl (C=O) groups excluding carboxylic acids is 2. The van der Waals surface area contributed by atoms with Crippen LogP contribution >= 0.6 is 24.0 Å². The summed E-state index contributed by atoms with van der Waals surface area (Å²) in [7, 11) is 0. The zero-order valence-corrected chi connectivity index (χ0v) is 19.1. The largest absolute Gasteiger partial charge is 0.480 e. The van der Waals surface area contributed by atoms with Crippen molar-refractivity contribution in [2.45, 2.75) is 6.54 Å². The van der Waals surface area contributed by atoms with Crippen molar-refractivity contribution in [3.05, 3.63) is 59.1 Å². The Morgan fingerprint density at radius 3 is 2.76 bits per heavy atom. The third-order valence-corrected chi connectivity index (χ3v) is 6.62. The van der Waals surface area contributed by atoms with E-state index in [1.165, 1.54) is 0 Å². The smallest absolute Gasteiger partial charge is 0.323 e. The highest BCUT2D eigenvalue weighted by Crippen LogP contribution is 2.35. The third kappa shape index (κ3) is 4.22. The van der Waals surface area contributed by atoms with Crippen LogP contribution in [0, 0.1) is 0 Å². The highest BCUT2D eigenvalue weighted by Gasteiger charge is 2.33. The molecule has 2 aliphatic rings. The summed E-state index contributed by atoms with van der Waals surface area (Å²) in [5.41, 5.74) is 2.13. The molecule has 0 saturated carbocycles. The van der Waals surface area contributed by atoms with Crippen LogP contribution < -0.4 is 14.8 Å². The number of fused-ring (bicyclic) bond motifs is 2. The molecule has 0 spiro atoms. The number of nitrogens with one attached hydrogen (secondary N) is 1. The van der Waals surface area contributed by atoms with Crippen molar-refractivity contribution in [2.75, 3.05) is 18.7 Å². The van der Waals surface area contributed by atoms with E-state index in [9.17, 15) is 14.4 Å². The highest BCUT2D eigenvalue weighted by molar-refractivity contribution is 8.26. The average Bonchev–Trinajstić information content (AvgIpc) is 3.47. The van der Waals surface area contributed by atoms with E-state index < -0.39 is 18.4 Å². The molecule has 172 valence electrons. The fraction of sp³-hybridized carbons (Fsp3) is 0.130. The molecule has 34 heavy (non-hydrogen) atoms. The number of para-hydroxylation sites is 1. The highest BCUT2D eigenvalue weighted by atomic mass is 32.2. The van der Waals surface area contributed by atoms with Crippen molar-refractivity contribution >= 4 is 68.8 Å². The van der Waals surface area contributed by atoms with E-state index in [-0.39, 0.29) is 23.6 Å². The zero-order valence-electron chi connectivity index (χ0n) is 17.5. The lowest BCUT2D eigenvalue weighted by Crippen LogP contribution is -2.33. The molecule has 9 nitrogen and oxygen atoms in total. The topological polar surface area (TPSA) is 110 Å². The molecule has 0 aliphatic carbocycles. The fourth-order valence-electron chi connectivity index (χ4n) is 3.76. The van der Waals surface area contributed by atoms with Crippen molar-refractivity contribution < 1.29 is 29.0 Å². The maximum atomic E-state index is 12.8. The summed E-state index contributed by atoms with van der Waals surface area (Å²) in [5.74, 6) is -0.615. The molecule has 1 fully saturated rings. The minimum atomic E-state index is -1.14. The van der Waals surface area contributed by atoms with Crippen LogP contribution in [0.4, 0.5) is 5.69 Å². The van der Waals surface area contributed by atoms with Gasteiger partial charge in [0, 0.05) is 34.4 Å². The monoisotopic (exact) mass is 495 g/mol. The van der Waals surface area contributed by atoms with E-state index in [1.54, 1.807) is 35.0 Å². The molecule has 2 N–H and O–H groups in total. The SMILES string of the molecule is O=C(O)CN1C(=O)C(=Cc2cn(CC(=O)Nc3ccc4c(c3)OCO4)c3ccccc23)SC1=S. The van der Waals surface area contributed by atoms with E-state index in [0.29, 0.717) is 22.1 Å². The Kier molecular flexibility index (Phi) is 5.72. The Morgan fingerprint density at radius 1 is 1.15 bits per heavy atom. The molecule has 2 aromatic carbocycles. The number of aromatic nitrogens is 1. The molecule has 0 radical (unpaired) electrons. The Morgan fingerprint density at radius 2 is 1.94 bits per heavy atom. The van der Waals surface area contributed by atoms with Crippen LogP contribution in [-0.4, -0.2) is 50.0 Å². The van der Waals surface area contributed by atoms with E-state index in [2.05, 4.69) is 5.32 Å². The Balaban J connectivity index is 1.39. The van der Waals surface area contributed by atoms with Crippen molar-refractivity contribution in [2.24, 2.45) is 0 Å². The van der Waals surface area contributed by atoms with Gasteiger partial charge in [-0.1, -0.05) is 42.2 Å². The molecule has 0 atom stereocenters. The molecular weight excluding hydrogens is 478 g/mol. The van der Waals surface area contributed by atoms with Crippen molar-refractivity contribution in [1.29, 1.82) is 0 Å². The van der Waals surface area contributed by atoms with E-state index >= 15 is 0 Å². The summed E-state index contributed by atoms with van der Waals surface area (Å²) < 4.78 is 12.6. The maximum absolute atomic E-state index is 12.8. The lowest BCUT2D eigenvalue weighted by molar-refractivity contribution is -0.140. The predicted octanol–water partition coefficient (Wildman–Crippen LogP) is 3.29. The number of thioether (sulfide) groups is 1. The standard InChI is InChI=1S/C23H17N3O6S2/c27-20(24-14-5-6-17-18(8-14)32-12-31-17)10-25-9-13(15-3-1-2-4-16(15)25)7-19-22(30)26(11-21(28)29)23(33)34-19/h1-9H,10-12H2,(H,24,27)(H,28,29). The summed E-state index contributed by atoms with van der Waals surface area (Å²) in [6.07, 6.45) is 3.46. The molecule has 1 saturated heterocycles. The average molecular weight is 496 g/mol. The first kappa shape index (κ1) is 22.0. The molecular formula is C23H17N3O6S2. The summed E-state index contributed by atoms with van der Waals surface area (Å²) in [6, 6.07) is 12.7. The van der Waals surface area contributed by atoms with Crippen LogP contribution in [-0.2, 0) is 20.9 Å². The van der Waals surface area contributed by atoms with Crippen LogP contribution in [0.1, 0.15) is 5.56 Å². The summed E-state index contributed by atoms with van der Waals surface area (Å²) in [4.78, 5) is 37.9. The molecule has 0 bridgehead atoms. The molecule has 2 aliphatic heterocycles. The van der Waals surface area contributed by atoms with Crippen LogP contribution in [0.25, 0.3) is 17.0 Å². The second-order valence-electron chi connectivity index (χ2n) is 7.51. The number of hydrogen-bond acceptors (Lipinski definition) is 7. The van der Waals surface area contributed by atoms with Crippen LogP contribution in [0.5, 0.6) is 11.5 Å². The zero-order chi connectivity index (χ0) is 23.8. The minimum absolute atomic E-state index is 0.0444. The number of amides is 2. The van der Waals surface area contributed by atoms with Gasteiger partial charge in [0.25, 0.3) is 5.91 Å². The van der Waals surface area contributed by atoms with Gasteiger partial charge in [0.05, 0.1) is 4.91 Å². The number of carboxylic acids is 1. The molecule has 1 aromatic heterocycles. The quantitative estimate of drug-likeness (QED) is 0.396. The first-order valence-corrected chi connectivity index (χ1v) is 11.4. The molecule has 3 aromatic rings. The molecule has 5 rings (SSSR count). The normalized spacial score (nSPS) is 16.0. The van der Waals surface area contributed by atoms with Crippen molar-refractivity contribution in [3.63, 3.8) is 0 Å². The van der Waals surface area contributed by atoms with Gasteiger partial charge in [0.1, 0.15) is 17.4 Å². The number of ether oxygens (including phenoxy) is 2. The number of nitrogens with zero attached hydrogens (tertiary/aromatic N) is 2. The fourth-order valence-corrected chi connectivity index (χ4v) is 5.01. The van der Waals surface area contributed by atoms with Crippen molar-refractivity contribution in [3.8, 4) is 11.5 Å². The number of thiocarbonyl (C=S) groups is 1. The van der Waals surface area contributed by atoms with Gasteiger partial charge in [-0.05, 0) is 24.3 Å². The second-order valence-corrected chi connectivity index (χ2v) is 9.18. The van der Waals surface area contributed by atoms with E-state index in [1.807, 2.05) is 24.3 Å². The number of aliphatic carboxylic acids is 1. The van der Waals surface area contributed by atoms with Gasteiger partial charge >= 0.3 is 5.97 Å². The van der Waals surface area contributed by atoms with Crippen LogP contribution in [0.3, 0.4) is 0 Å². The number of hydrogen-bond donors (Lipinski definition) is 2. The van der Waals surface area contributed by atoms with E-state index in [0.717, 1.165) is 33.1 Å². The van der Waals surface area contributed by atoms with E-state index in [4.69, 9.17) is 26.8 Å². The number of anilines is 1. The van der Waals surface area contributed by atoms with Crippen LogP contribution in [0.15, 0.2) is 53.6 Å². The van der Waals surface area contributed by atoms with Gasteiger partial charge in [0.15, 0.2) is 11.5 Å². The summed E-state index contributed by atoms with van der Waals surface area (Å²) >= 11 is 6.23. The maximum Gasteiger partial charge on any atom is 0.323 e. The number of rotatable bonds is 6. The molecule has 0 unspecified atom stereocenters. The predicted molar refractivity (Wildman–Crippen MR) is 131 cm³/mol. The Hall–Kier alpha value is -3.83. The third-order valence-electron chi connectivity index (χ3n) is 5.24. The van der Waals surface area contributed by atoms with Crippen LogP contribution in [0.2, 0.25) is 0 Å². The molecule has 11 heteroatoms.